The number of hydrogen-bond donors (Lipinski definition) is 1. The van der Waals surface area contributed by atoms with E-state index in [9.17, 15) is 9.90 Å². The van der Waals surface area contributed by atoms with Crippen LogP contribution in [0.3, 0.4) is 0 Å². The lowest BCUT2D eigenvalue weighted by Crippen LogP contribution is -2.19. The van der Waals surface area contributed by atoms with Crippen LogP contribution in [-0.2, 0) is 4.79 Å². The lowest BCUT2D eigenvalue weighted by Gasteiger charge is -2.11. The molecule has 6 heteroatoms. The second-order valence-corrected chi connectivity index (χ2v) is 5.44. The summed E-state index contributed by atoms with van der Waals surface area (Å²) in [5, 5.41) is 16.5. The zero-order chi connectivity index (χ0) is 15.0. The predicted molar refractivity (Wildman–Crippen MR) is 83.2 cm³/mol. The minimum Gasteiger partial charge on any atom is -0.507 e. The molecule has 2 aromatic rings. The second kappa shape index (κ2) is 5.39. The summed E-state index contributed by atoms with van der Waals surface area (Å²) in [5.74, 6) is -0.159. The number of halogens is 2. The number of carbonyl (C=O) groups is 1. The number of rotatable bonds is 2. The Bertz CT molecular complexity index is 742. The maximum atomic E-state index is 12.1. The normalized spacial score (nSPS) is 14.5. The molecule has 0 saturated carbocycles. The van der Waals surface area contributed by atoms with Crippen molar-refractivity contribution in [3.05, 3.63) is 58.1 Å². The largest absolute Gasteiger partial charge is 0.507 e. The fourth-order valence-electron chi connectivity index (χ4n) is 2.11. The summed E-state index contributed by atoms with van der Waals surface area (Å²) in [6.45, 7) is 0. The molecule has 0 spiro atoms. The Balaban J connectivity index is 1.97. The Morgan fingerprint density at radius 3 is 2.38 bits per heavy atom. The molecule has 0 unspecified atom stereocenters. The monoisotopic (exact) mass is 320 g/mol. The number of phenolic OH excluding ortho intramolecular Hbond substituents is 1. The number of hydrazone groups is 1. The molecule has 1 heterocycles. The van der Waals surface area contributed by atoms with E-state index in [4.69, 9.17) is 23.2 Å². The van der Waals surface area contributed by atoms with Gasteiger partial charge in [-0.15, -0.1) is 0 Å². The topological polar surface area (TPSA) is 52.9 Å². The van der Waals surface area contributed by atoms with Gasteiger partial charge in [0.25, 0.3) is 5.91 Å². The van der Waals surface area contributed by atoms with Gasteiger partial charge in [-0.3, -0.25) is 4.79 Å². The summed E-state index contributed by atoms with van der Waals surface area (Å²) in [6.07, 6.45) is 0.123. The van der Waals surface area contributed by atoms with E-state index in [0.29, 0.717) is 27.0 Å². The summed E-state index contributed by atoms with van der Waals surface area (Å²) in [7, 11) is 0. The molecular weight excluding hydrogens is 311 g/mol. The van der Waals surface area contributed by atoms with Gasteiger partial charge in [-0.05, 0) is 42.5 Å². The molecule has 106 valence electrons. The molecule has 1 amide bonds. The van der Waals surface area contributed by atoms with Gasteiger partial charge in [-0.1, -0.05) is 23.2 Å². The molecule has 0 bridgehead atoms. The summed E-state index contributed by atoms with van der Waals surface area (Å²) < 4.78 is 0. The number of phenols is 1. The number of anilines is 1. The van der Waals surface area contributed by atoms with E-state index in [2.05, 4.69) is 5.10 Å². The van der Waals surface area contributed by atoms with E-state index in [-0.39, 0.29) is 18.1 Å². The first-order valence-electron chi connectivity index (χ1n) is 6.19. The third-order valence-electron chi connectivity index (χ3n) is 3.12. The van der Waals surface area contributed by atoms with Crippen LogP contribution in [0.5, 0.6) is 5.75 Å². The molecule has 21 heavy (non-hydrogen) atoms. The molecule has 3 rings (SSSR count). The van der Waals surface area contributed by atoms with Crippen molar-refractivity contribution in [2.45, 2.75) is 6.42 Å². The first kappa shape index (κ1) is 13.9. The summed E-state index contributed by atoms with van der Waals surface area (Å²) in [6, 6.07) is 11.5. The Morgan fingerprint density at radius 2 is 1.71 bits per heavy atom. The third kappa shape index (κ3) is 2.73. The molecule has 2 aromatic carbocycles. The molecule has 0 aliphatic carbocycles. The maximum Gasteiger partial charge on any atom is 0.253 e. The van der Waals surface area contributed by atoms with Crippen LogP contribution in [0.15, 0.2) is 47.6 Å². The SMILES string of the molecule is O=C1CC(c2ccc(Cl)cc2O)=NN1c1ccc(Cl)cc1. The van der Waals surface area contributed by atoms with Crippen LogP contribution in [0.25, 0.3) is 0 Å². The highest BCUT2D eigenvalue weighted by atomic mass is 35.5. The standard InChI is InChI=1S/C15H10Cl2N2O2/c16-9-1-4-11(5-2-9)19-15(21)8-13(18-19)12-6-3-10(17)7-14(12)20/h1-7,20H,8H2. The van der Waals surface area contributed by atoms with Gasteiger partial charge in [0.2, 0.25) is 0 Å². The van der Waals surface area contributed by atoms with E-state index in [0.717, 1.165) is 0 Å². The van der Waals surface area contributed by atoms with Crippen LogP contribution in [-0.4, -0.2) is 16.7 Å². The van der Waals surface area contributed by atoms with Crippen LogP contribution in [0.4, 0.5) is 5.69 Å². The van der Waals surface area contributed by atoms with Crippen LogP contribution in [0, 0.1) is 0 Å². The van der Waals surface area contributed by atoms with Crippen molar-refractivity contribution >= 4 is 40.5 Å². The van der Waals surface area contributed by atoms with Gasteiger partial charge >= 0.3 is 0 Å². The van der Waals surface area contributed by atoms with E-state index in [1.54, 1.807) is 36.4 Å². The number of carbonyl (C=O) groups excluding carboxylic acids is 1. The van der Waals surface area contributed by atoms with Crippen molar-refractivity contribution in [3.63, 3.8) is 0 Å². The van der Waals surface area contributed by atoms with E-state index < -0.39 is 0 Å². The minimum absolute atomic E-state index is 0.00649. The van der Waals surface area contributed by atoms with Gasteiger partial charge in [-0.2, -0.15) is 5.10 Å². The van der Waals surface area contributed by atoms with Crippen molar-refractivity contribution in [1.82, 2.24) is 0 Å². The van der Waals surface area contributed by atoms with Crippen LogP contribution in [0.2, 0.25) is 10.0 Å². The van der Waals surface area contributed by atoms with Crippen LogP contribution < -0.4 is 5.01 Å². The number of amides is 1. The average Bonchev–Trinajstić information content (AvgIpc) is 2.81. The first-order valence-corrected chi connectivity index (χ1v) is 6.95. The van der Waals surface area contributed by atoms with Gasteiger partial charge in [0.15, 0.2) is 0 Å². The summed E-state index contributed by atoms with van der Waals surface area (Å²) in [5.41, 5.74) is 1.64. The quantitative estimate of drug-likeness (QED) is 0.914. The van der Waals surface area contributed by atoms with Crippen LogP contribution >= 0.6 is 23.2 Å². The molecule has 4 nitrogen and oxygen atoms in total. The smallest absolute Gasteiger partial charge is 0.253 e. The van der Waals surface area contributed by atoms with Crippen molar-refractivity contribution in [3.8, 4) is 5.75 Å². The molecule has 0 radical (unpaired) electrons. The Morgan fingerprint density at radius 1 is 1.05 bits per heavy atom. The number of hydrogen-bond acceptors (Lipinski definition) is 3. The van der Waals surface area contributed by atoms with Gasteiger partial charge in [-0.25, -0.2) is 5.01 Å². The summed E-state index contributed by atoms with van der Waals surface area (Å²) >= 11 is 11.6. The Hall–Kier alpha value is -2.04. The second-order valence-electron chi connectivity index (χ2n) is 4.57. The van der Waals surface area contributed by atoms with E-state index in [1.165, 1.54) is 11.1 Å². The van der Waals surface area contributed by atoms with E-state index >= 15 is 0 Å². The molecule has 0 fully saturated rings. The van der Waals surface area contributed by atoms with E-state index in [1.807, 2.05) is 0 Å². The van der Waals surface area contributed by atoms with Crippen molar-refractivity contribution in [2.24, 2.45) is 5.10 Å². The first-order chi connectivity index (χ1) is 10.0. The summed E-state index contributed by atoms with van der Waals surface area (Å²) in [4.78, 5) is 12.1. The predicted octanol–water partition coefficient (Wildman–Crippen LogP) is 3.84. The Kier molecular flexibility index (Phi) is 3.57. The minimum atomic E-state index is -0.165. The molecule has 0 saturated heterocycles. The molecule has 0 atom stereocenters. The number of nitrogens with zero attached hydrogens (tertiary/aromatic N) is 2. The fraction of sp³-hybridized carbons (Fsp3) is 0.0667. The number of benzene rings is 2. The fourth-order valence-corrected chi connectivity index (χ4v) is 2.40. The molecular formula is C15H10Cl2N2O2. The zero-order valence-corrected chi connectivity index (χ0v) is 12.3. The van der Waals surface area contributed by atoms with Gasteiger partial charge in [0.05, 0.1) is 17.8 Å². The highest BCUT2D eigenvalue weighted by Gasteiger charge is 2.27. The lowest BCUT2D eigenvalue weighted by atomic mass is 10.1. The van der Waals surface area contributed by atoms with Gasteiger partial charge in [0.1, 0.15) is 5.75 Å². The van der Waals surface area contributed by atoms with Crippen molar-refractivity contribution in [2.75, 3.05) is 5.01 Å². The highest BCUT2D eigenvalue weighted by Crippen LogP contribution is 2.28. The van der Waals surface area contributed by atoms with Crippen LogP contribution in [0.1, 0.15) is 12.0 Å². The Labute approximate surface area is 131 Å². The molecule has 1 aliphatic rings. The zero-order valence-electron chi connectivity index (χ0n) is 10.8. The number of aromatic hydroxyl groups is 1. The average molecular weight is 321 g/mol. The highest BCUT2D eigenvalue weighted by molar-refractivity contribution is 6.31. The van der Waals surface area contributed by atoms with Gasteiger partial charge in [0, 0.05) is 15.6 Å². The molecule has 1 N–H and O–H groups in total. The molecule has 0 aromatic heterocycles. The maximum absolute atomic E-state index is 12.1. The molecule has 1 aliphatic heterocycles. The van der Waals surface area contributed by atoms with Crippen molar-refractivity contribution < 1.29 is 9.90 Å². The van der Waals surface area contributed by atoms with Gasteiger partial charge < -0.3 is 5.11 Å². The van der Waals surface area contributed by atoms with Crippen molar-refractivity contribution in [1.29, 1.82) is 0 Å². The lowest BCUT2D eigenvalue weighted by molar-refractivity contribution is -0.116. The third-order valence-corrected chi connectivity index (χ3v) is 3.60.